The van der Waals surface area contributed by atoms with Crippen LogP contribution in [0.3, 0.4) is 0 Å². The van der Waals surface area contributed by atoms with Crippen LogP contribution < -0.4 is 5.73 Å². The Morgan fingerprint density at radius 1 is 1.77 bits per heavy atom. The summed E-state index contributed by atoms with van der Waals surface area (Å²) in [5, 5.41) is 9.48. The number of nitrogens with zero attached hydrogens (tertiary/aromatic N) is 1. The highest BCUT2D eigenvalue weighted by Crippen LogP contribution is 2.22. The Balaban J connectivity index is 3.10. The predicted octanol–water partition coefficient (Wildman–Crippen LogP) is 1.51. The highest BCUT2D eigenvalue weighted by Gasteiger charge is 2.20. The van der Waals surface area contributed by atoms with Gasteiger partial charge in [0.25, 0.3) is 0 Å². The second-order valence-corrected chi connectivity index (χ2v) is 4.59. The second-order valence-electron chi connectivity index (χ2n) is 3.07. The minimum absolute atomic E-state index is 0.119. The highest BCUT2D eigenvalue weighted by atomic mass is 127. The van der Waals surface area contributed by atoms with E-state index in [0.29, 0.717) is 5.15 Å². The number of aliphatic hydroxyl groups is 1. The summed E-state index contributed by atoms with van der Waals surface area (Å²) in [6, 6.07) is 1.83. The van der Waals surface area contributed by atoms with Crippen LogP contribution >= 0.6 is 34.2 Å². The van der Waals surface area contributed by atoms with Gasteiger partial charge in [0.2, 0.25) is 0 Å². The van der Waals surface area contributed by atoms with E-state index in [1.807, 2.05) is 6.07 Å². The number of aliphatic hydroxyl groups excluding tert-OH is 1. The minimum Gasteiger partial charge on any atom is -0.394 e. The van der Waals surface area contributed by atoms with Gasteiger partial charge in [-0.1, -0.05) is 11.6 Å². The van der Waals surface area contributed by atoms with E-state index in [0.717, 1.165) is 9.13 Å². The Hall–Kier alpha value is 0.0900. The molecule has 5 heteroatoms. The van der Waals surface area contributed by atoms with Gasteiger partial charge < -0.3 is 10.8 Å². The van der Waals surface area contributed by atoms with Crippen molar-refractivity contribution < 1.29 is 5.11 Å². The zero-order valence-corrected chi connectivity index (χ0v) is 10.0. The molecule has 0 amide bonds. The summed E-state index contributed by atoms with van der Waals surface area (Å²) in [5.41, 5.74) is 5.85. The fraction of sp³-hybridized carbons (Fsp3) is 0.375. The molecular formula is C8H10ClIN2O. The van der Waals surface area contributed by atoms with Crippen molar-refractivity contribution in [2.24, 2.45) is 5.73 Å². The van der Waals surface area contributed by atoms with Crippen LogP contribution in [0.25, 0.3) is 0 Å². The summed E-state index contributed by atoms with van der Waals surface area (Å²) in [7, 11) is 0. The maximum absolute atomic E-state index is 9.02. The molecule has 0 aliphatic rings. The summed E-state index contributed by atoms with van der Waals surface area (Å²) >= 11 is 7.83. The third-order valence-electron chi connectivity index (χ3n) is 1.78. The fourth-order valence-electron chi connectivity index (χ4n) is 0.825. The number of pyridine rings is 1. The fourth-order valence-corrected chi connectivity index (χ4v) is 1.40. The average molecular weight is 313 g/mol. The van der Waals surface area contributed by atoms with Gasteiger partial charge in [0.1, 0.15) is 5.15 Å². The number of halogens is 2. The largest absolute Gasteiger partial charge is 0.394 e. The third-order valence-corrected chi connectivity index (χ3v) is 3.23. The molecule has 0 spiro atoms. The van der Waals surface area contributed by atoms with Gasteiger partial charge in [-0.05, 0) is 41.1 Å². The number of nitrogens with two attached hydrogens (primary N) is 1. The van der Waals surface area contributed by atoms with Crippen molar-refractivity contribution in [3.63, 3.8) is 0 Å². The molecule has 0 saturated carbocycles. The molecule has 0 aromatic carbocycles. The van der Waals surface area contributed by atoms with Crippen molar-refractivity contribution in [2.45, 2.75) is 12.5 Å². The van der Waals surface area contributed by atoms with Crippen LogP contribution in [0.4, 0.5) is 0 Å². The van der Waals surface area contributed by atoms with E-state index in [1.165, 1.54) is 0 Å². The zero-order chi connectivity index (χ0) is 10.1. The van der Waals surface area contributed by atoms with Crippen LogP contribution in [0.15, 0.2) is 12.3 Å². The zero-order valence-electron chi connectivity index (χ0n) is 7.09. The maximum Gasteiger partial charge on any atom is 0.142 e. The Morgan fingerprint density at radius 3 is 2.85 bits per heavy atom. The lowest BCUT2D eigenvalue weighted by molar-refractivity contribution is 0.209. The monoisotopic (exact) mass is 312 g/mol. The van der Waals surface area contributed by atoms with Crippen molar-refractivity contribution in [1.29, 1.82) is 0 Å². The molecule has 72 valence electrons. The Kier molecular flexibility index (Phi) is 3.50. The van der Waals surface area contributed by atoms with Crippen molar-refractivity contribution in [3.05, 3.63) is 26.5 Å². The number of rotatable bonds is 2. The van der Waals surface area contributed by atoms with Gasteiger partial charge in [0, 0.05) is 6.20 Å². The van der Waals surface area contributed by atoms with Gasteiger partial charge in [-0.25, -0.2) is 4.98 Å². The van der Waals surface area contributed by atoms with Crippen molar-refractivity contribution in [2.75, 3.05) is 6.61 Å². The molecule has 0 unspecified atom stereocenters. The molecule has 1 heterocycles. The van der Waals surface area contributed by atoms with Gasteiger partial charge in [-0.15, -0.1) is 0 Å². The Bertz CT molecular complexity index is 317. The molecule has 1 rings (SSSR count). The van der Waals surface area contributed by atoms with Crippen molar-refractivity contribution in [1.82, 2.24) is 4.98 Å². The van der Waals surface area contributed by atoms with Gasteiger partial charge >= 0.3 is 0 Å². The van der Waals surface area contributed by atoms with E-state index in [4.69, 9.17) is 22.4 Å². The molecule has 0 saturated heterocycles. The van der Waals surface area contributed by atoms with Crippen molar-refractivity contribution in [3.8, 4) is 0 Å². The average Bonchev–Trinajstić information content (AvgIpc) is 2.09. The predicted molar refractivity (Wildman–Crippen MR) is 60.6 cm³/mol. The van der Waals surface area contributed by atoms with Gasteiger partial charge in [-0.3, -0.25) is 0 Å². The molecule has 3 N–H and O–H groups in total. The molecule has 3 nitrogen and oxygen atoms in total. The first kappa shape index (κ1) is 11.2. The number of hydrogen-bond donors (Lipinski definition) is 2. The first-order valence-electron chi connectivity index (χ1n) is 3.68. The molecule has 1 aromatic rings. The molecular weight excluding hydrogens is 302 g/mol. The van der Waals surface area contributed by atoms with E-state index in [2.05, 4.69) is 27.6 Å². The van der Waals surface area contributed by atoms with E-state index in [1.54, 1.807) is 13.1 Å². The summed E-state index contributed by atoms with van der Waals surface area (Å²) in [6.45, 7) is 1.63. The van der Waals surface area contributed by atoms with Crippen LogP contribution in [-0.2, 0) is 5.54 Å². The molecule has 0 fully saturated rings. The molecule has 0 bridgehead atoms. The van der Waals surface area contributed by atoms with Crippen LogP contribution in [0.2, 0.25) is 5.15 Å². The minimum atomic E-state index is -0.752. The summed E-state index contributed by atoms with van der Waals surface area (Å²) in [5.74, 6) is 0. The lowest BCUT2D eigenvalue weighted by Crippen LogP contribution is -2.37. The van der Waals surface area contributed by atoms with Crippen LogP contribution in [0.5, 0.6) is 0 Å². The van der Waals surface area contributed by atoms with E-state index in [9.17, 15) is 0 Å². The van der Waals surface area contributed by atoms with Crippen LogP contribution in [0, 0.1) is 3.57 Å². The molecule has 0 aliphatic heterocycles. The standard InChI is InChI=1S/C8H10ClIN2O/c1-8(11,4-13)5-2-6(10)7(9)12-3-5/h2-3,13H,4,11H2,1H3/t8-/m1/s1. The number of aromatic nitrogens is 1. The van der Waals surface area contributed by atoms with E-state index >= 15 is 0 Å². The van der Waals surface area contributed by atoms with Gasteiger partial charge in [-0.2, -0.15) is 0 Å². The summed E-state index contributed by atoms with van der Waals surface area (Å²) in [4.78, 5) is 3.96. The lowest BCUT2D eigenvalue weighted by atomic mass is 9.96. The Morgan fingerprint density at radius 2 is 2.38 bits per heavy atom. The Labute approximate surface area is 95.4 Å². The maximum atomic E-state index is 9.02. The molecule has 0 aliphatic carbocycles. The quantitative estimate of drug-likeness (QED) is 0.643. The highest BCUT2D eigenvalue weighted by molar-refractivity contribution is 14.1. The first-order valence-corrected chi connectivity index (χ1v) is 5.14. The molecule has 1 atom stereocenters. The third kappa shape index (κ3) is 2.52. The van der Waals surface area contributed by atoms with Gasteiger partial charge in [0.05, 0.1) is 15.7 Å². The van der Waals surface area contributed by atoms with Gasteiger partial charge in [0.15, 0.2) is 0 Å². The SMILES string of the molecule is C[C@@](N)(CO)c1cnc(Cl)c(I)c1. The molecule has 1 aromatic heterocycles. The van der Waals surface area contributed by atoms with Crippen molar-refractivity contribution >= 4 is 34.2 Å². The normalized spacial score (nSPS) is 15.5. The van der Waals surface area contributed by atoms with E-state index in [-0.39, 0.29) is 6.61 Å². The first-order chi connectivity index (χ1) is 5.97. The smallest absolute Gasteiger partial charge is 0.142 e. The molecule has 13 heavy (non-hydrogen) atoms. The topological polar surface area (TPSA) is 59.1 Å². The number of hydrogen-bond acceptors (Lipinski definition) is 3. The second kappa shape index (κ2) is 4.08. The van der Waals surface area contributed by atoms with Crippen LogP contribution in [-0.4, -0.2) is 16.7 Å². The van der Waals surface area contributed by atoms with E-state index < -0.39 is 5.54 Å². The van der Waals surface area contributed by atoms with Crippen LogP contribution in [0.1, 0.15) is 12.5 Å². The summed E-state index contributed by atoms with van der Waals surface area (Å²) < 4.78 is 0.835. The molecule has 0 radical (unpaired) electrons. The lowest BCUT2D eigenvalue weighted by Gasteiger charge is -2.21. The summed E-state index contributed by atoms with van der Waals surface area (Å²) in [6.07, 6.45) is 1.58.